The number of pyridine rings is 1. The highest BCUT2D eigenvalue weighted by Gasteiger charge is 2.22. The van der Waals surface area contributed by atoms with Crippen LogP contribution in [0.3, 0.4) is 0 Å². The molecule has 1 N–H and O–H groups in total. The molecule has 1 saturated heterocycles. The van der Waals surface area contributed by atoms with Crippen LogP contribution in [0.1, 0.15) is 0 Å². The fraction of sp³-hybridized carbons (Fsp3) is 0.222. The van der Waals surface area contributed by atoms with Crippen LogP contribution >= 0.6 is 15.9 Å². The lowest BCUT2D eigenvalue weighted by molar-refractivity contribution is -0.130. The van der Waals surface area contributed by atoms with Crippen molar-refractivity contribution in [3.05, 3.63) is 22.8 Å². The summed E-state index contributed by atoms with van der Waals surface area (Å²) in [5.74, 6) is 0.0355. The molecule has 0 atom stereocenters. The molecule has 0 unspecified atom stereocenters. The predicted octanol–water partition coefficient (Wildman–Crippen LogP) is 0.307. The smallest absolute Gasteiger partial charge is 0.246 e. The number of carbonyl (C=O) groups is 2. The molecule has 0 aromatic carbocycles. The number of anilines is 1. The summed E-state index contributed by atoms with van der Waals surface area (Å²) in [5, 5.41) is 2.23. The number of nitrogens with zero attached hydrogens (tertiary/aromatic N) is 2. The molecule has 15 heavy (non-hydrogen) atoms. The van der Waals surface area contributed by atoms with Gasteiger partial charge in [0, 0.05) is 10.7 Å². The first-order valence-corrected chi connectivity index (χ1v) is 5.13. The Labute approximate surface area is 94.6 Å². The highest BCUT2D eigenvalue weighted by molar-refractivity contribution is 9.10. The molecule has 0 aliphatic carbocycles. The summed E-state index contributed by atoms with van der Waals surface area (Å²) in [7, 11) is 0. The van der Waals surface area contributed by atoms with E-state index < -0.39 is 0 Å². The van der Waals surface area contributed by atoms with E-state index in [0.29, 0.717) is 5.82 Å². The Kier molecular flexibility index (Phi) is 2.68. The summed E-state index contributed by atoms with van der Waals surface area (Å²) >= 11 is 3.27. The van der Waals surface area contributed by atoms with Crippen LogP contribution in [-0.4, -0.2) is 29.9 Å². The summed E-state index contributed by atoms with van der Waals surface area (Å²) in [5.41, 5.74) is 0. The van der Waals surface area contributed by atoms with Gasteiger partial charge in [-0.1, -0.05) is 0 Å². The van der Waals surface area contributed by atoms with Crippen molar-refractivity contribution in [2.75, 3.05) is 18.0 Å². The van der Waals surface area contributed by atoms with E-state index in [4.69, 9.17) is 0 Å². The Morgan fingerprint density at radius 3 is 2.47 bits per heavy atom. The molecular weight excluding hydrogens is 262 g/mol. The van der Waals surface area contributed by atoms with Gasteiger partial charge in [-0.25, -0.2) is 4.98 Å². The van der Waals surface area contributed by atoms with Crippen LogP contribution in [0.25, 0.3) is 0 Å². The Morgan fingerprint density at radius 2 is 1.93 bits per heavy atom. The third-order valence-corrected chi connectivity index (χ3v) is 2.45. The van der Waals surface area contributed by atoms with Gasteiger partial charge in [0.25, 0.3) is 0 Å². The maximum atomic E-state index is 11.1. The van der Waals surface area contributed by atoms with Crippen LogP contribution in [-0.2, 0) is 9.59 Å². The zero-order valence-corrected chi connectivity index (χ0v) is 9.32. The highest BCUT2D eigenvalue weighted by Crippen LogP contribution is 2.15. The van der Waals surface area contributed by atoms with Crippen molar-refractivity contribution in [1.29, 1.82) is 0 Å². The maximum Gasteiger partial charge on any atom is 0.246 e. The van der Waals surface area contributed by atoms with Gasteiger partial charge in [0.15, 0.2) is 0 Å². The first-order chi connectivity index (χ1) is 7.15. The van der Waals surface area contributed by atoms with Crippen molar-refractivity contribution in [1.82, 2.24) is 10.3 Å². The molecule has 6 heteroatoms. The van der Waals surface area contributed by atoms with Gasteiger partial charge in [-0.2, -0.15) is 0 Å². The molecule has 0 saturated carbocycles. The minimum atomic E-state index is -0.295. The summed E-state index contributed by atoms with van der Waals surface area (Å²) in [6.45, 7) is 0.334. The number of imide groups is 1. The van der Waals surface area contributed by atoms with Crippen molar-refractivity contribution < 1.29 is 9.59 Å². The molecule has 0 bridgehead atoms. The average molecular weight is 270 g/mol. The van der Waals surface area contributed by atoms with Crippen molar-refractivity contribution >= 4 is 33.6 Å². The van der Waals surface area contributed by atoms with Gasteiger partial charge in [-0.05, 0) is 28.1 Å². The van der Waals surface area contributed by atoms with Crippen molar-refractivity contribution in [3.8, 4) is 0 Å². The van der Waals surface area contributed by atoms with Crippen molar-refractivity contribution in [3.63, 3.8) is 0 Å². The average Bonchev–Trinajstić information content (AvgIpc) is 2.17. The van der Waals surface area contributed by atoms with Crippen LogP contribution in [0.2, 0.25) is 0 Å². The number of nitrogens with one attached hydrogen (secondary N) is 1. The van der Waals surface area contributed by atoms with Crippen molar-refractivity contribution in [2.24, 2.45) is 0 Å². The molecule has 2 heterocycles. The first-order valence-electron chi connectivity index (χ1n) is 4.34. The molecule has 0 spiro atoms. The molecule has 2 rings (SSSR count). The third-order valence-electron chi connectivity index (χ3n) is 1.98. The first kappa shape index (κ1) is 10.1. The molecule has 1 aliphatic rings. The van der Waals surface area contributed by atoms with E-state index in [1.165, 1.54) is 0 Å². The van der Waals surface area contributed by atoms with Crippen molar-refractivity contribution in [2.45, 2.75) is 0 Å². The van der Waals surface area contributed by atoms with Crippen LogP contribution in [0.15, 0.2) is 22.8 Å². The number of amides is 2. The fourth-order valence-electron chi connectivity index (χ4n) is 1.35. The van der Waals surface area contributed by atoms with Gasteiger partial charge in [-0.15, -0.1) is 0 Å². The van der Waals surface area contributed by atoms with Gasteiger partial charge < -0.3 is 4.90 Å². The number of halogens is 1. The SMILES string of the molecule is O=C1CN(c2ccc(Br)cn2)CC(=O)N1. The molecular formula is C9H8BrN3O2. The standard InChI is InChI=1S/C9H8BrN3O2/c10-6-1-2-7(11-3-6)13-4-8(14)12-9(15)5-13/h1-3H,4-5H2,(H,12,14,15). The normalized spacial score (nSPS) is 16.5. The molecule has 1 aliphatic heterocycles. The van der Waals surface area contributed by atoms with Crippen LogP contribution < -0.4 is 10.2 Å². The number of piperazine rings is 1. The van der Waals surface area contributed by atoms with Crippen LogP contribution in [0.4, 0.5) is 5.82 Å². The second kappa shape index (κ2) is 3.98. The summed E-state index contributed by atoms with van der Waals surface area (Å²) in [6.07, 6.45) is 1.63. The molecule has 1 aromatic rings. The lowest BCUT2D eigenvalue weighted by Crippen LogP contribution is -2.51. The maximum absolute atomic E-state index is 11.1. The minimum absolute atomic E-state index is 0.167. The van der Waals surface area contributed by atoms with E-state index in [9.17, 15) is 9.59 Å². The number of aromatic nitrogens is 1. The quantitative estimate of drug-likeness (QED) is 0.746. The lowest BCUT2D eigenvalue weighted by atomic mass is 10.3. The second-order valence-electron chi connectivity index (χ2n) is 3.16. The van der Waals surface area contributed by atoms with Gasteiger partial charge in [-0.3, -0.25) is 14.9 Å². The number of carbonyl (C=O) groups excluding carboxylic acids is 2. The zero-order valence-electron chi connectivity index (χ0n) is 7.74. The van der Waals surface area contributed by atoms with Gasteiger partial charge in [0.2, 0.25) is 11.8 Å². The highest BCUT2D eigenvalue weighted by atomic mass is 79.9. The van der Waals surface area contributed by atoms with E-state index in [1.807, 2.05) is 6.07 Å². The Morgan fingerprint density at radius 1 is 1.27 bits per heavy atom. The predicted molar refractivity (Wildman–Crippen MR) is 57.3 cm³/mol. The van der Waals surface area contributed by atoms with E-state index in [2.05, 4.69) is 26.2 Å². The Balaban J connectivity index is 2.19. The van der Waals surface area contributed by atoms with E-state index in [1.54, 1.807) is 17.2 Å². The van der Waals surface area contributed by atoms with E-state index in [0.717, 1.165) is 4.47 Å². The van der Waals surface area contributed by atoms with Crippen LogP contribution in [0, 0.1) is 0 Å². The lowest BCUT2D eigenvalue weighted by Gasteiger charge is -2.26. The largest absolute Gasteiger partial charge is 0.338 e. The number of rotatable bonds is 1. The molecule has 1 aromatic heterocycles. The Hall–Kier alpha value is -1.43. The molecule has 0 radical (unpaired) electrons. The number of hydrogen-bond acceptors (Lipinski definition) is 4. The summed E-state index contributed by atoms with van der Waals surface area (Å²) < 4.78 is 0.860. The van der Waals surface area contributed by atoms with Gasteiger partial charge in [0.05, 0.1) is 13.1 Å². The fourth-order valence-corrected chi connectivity index (χ4v) is 1.59. The summed E-state index contributed by atoms with van der Waals surface area (Å²) in [6, 6.07) is 3.58. The van der Waals surface area contributed by atoms with E-state index >= 15 is 0 Å². The minimum Gasteiger partial charge on any atom is -0.338 e. The van der Waals surface area contributed by atoms with Gasteiger partial charge in [0.1, 0.15) is 5.82 Å². The Bertz CT molecular complexity index is 388. The molecule has 78 valence electrons. The van der Waals surface area contributed by atoms with E-state index in [-0.39, 0.29) is 24.9 Å². The van der Waals surface area contributed by atoms with Crippen LogP contribution in [0.5, 0.6) is 0 Å². The summed E-state index contributed by atoms with van der Waals surface area (Å²) in [4.78, 5) is 28.0. The second-order valence-corrected chi connectivity index (χ2v) is 4.08. The monoisotopic (exact) mass is 269 g/mol. The third kappa shape index (κ3) is 2.33. The number of hydrogen-bond donors (Lipinski definition) is 1. The molecule has 5 nitrogen and oxygen atoms in total. The molecule has 2 amide bonds. The molecule has 1 fully saturated rings. The topological polar surface area (TPSA) is 62.3 Å². The van der Waals surface area contributed by atoms with Gasteiger partial charge >= 0.3 is 0 Å². The zero-order chi connectivity index (χ0) is 10.8.